The van der Waals surface area contributed by atoms with Gasteiger partial charge < -0.3 is 15.4 Å². The molecule has 1 fully saturated rings. The Bertz CT molecular complexity index is 521. The molecule has 1 aromatic carbocycles. The summed E-state index contributed by atoms with van der Waals surface area (Å²) in [7, 11) is 1.59. The predicted molar refractivity (Wildman–Crippen MR) is 81.5 cm³/mol. The molecule has 0 spiro atoms. The molecule has 0 radical (unpaired) electrons. The van der Waals surface area contributed by atoms with Gasteiger partial charge in [0.15, 0.2) is 0 Å². The number of methoxy groups -OCH3 is 1. The van der Waals surface area contributed by atoms with Crippen LogP contribution in [0.3, 0.4) is 0 Å². The van der Waals surface area contributed by atoms with E-state index in [-0.39, 0.29) is 11.9 Å². The zero-order valence-electron chi connectivity index (χ0n) is 10.6. The van der Waals surface area contributed by atoms with Crippen molar-refractivity contribution in [1.29, 1.82) is 0 Å². The van der Waals surface area contributed by atoms with E-state index in [1.54, 1.807) is 30.2 Å². The summed E-state index contributed by atoms with van der Waals surface area (Å²) >= 11 is 8.40. The number of likely N-dealkylation sites (tertiary alicyclic amines) is 1. The van der Waals surface area contributed by atoms with Gasteiger partial charge in [-0.2, -0.15) is 0 Å². The first kappa shape index (κ1) is 14.3. The Kier molecular flexibility index (Phi) is 4.42. The van der Waals surface area contributed by atoms with E-state index in [1.807, 2.05) is 0 Å². The maximum atomic E-state index is 12.5. The number of thiocarbonyl (C=S) groups is 1. The van der Waals surface area contributed by atoms with Crippen LogP contribution in [0.1, 0.15) is 23.2 Å². The Morgan fingerprint density at radius 2 is 2.32 bits per heavy atom. The fourth-order valence-electron chi connectivity index (χ4n) is 2.27. The van der Waals surface area contributed by atoms with Gasteiger partial charge in [-0.1, -0.05) is 12.2 Å². The zero-order valence-corrected chi connectivity index (χ0v) is 13.0. The second-order valence-corrected chi connectivity index (χ2v) is 5.73. The van der Waals surface area contributed by atoms with E-state index in [1.165, 1.54) is 0 Å². The second kappa shape index (κ2) is 5.88. The molecule has 6 heteroatoms. The van der Waals surface area contributed by atoms with E-state index in [0.717, 1.165) is 17.3 Å². The summed E-state index contributed by atoms with van der Waals surface area (Å²) in [4.78, 5) is 14.6. The molecule has 102 valence electrons. The molecule has 19 heavy (non-hydrogen) atoms. The Hall–Kier alpha value is -1.14. The molecule has 1 aromatic rings. The summed E-state index contributed by atoms with van der Waals surface area (Å²) in [5.74, 6) is 0.655. The highest BCUT2D eigenvalue weighted by atomic mass is 79.9. The molecule has 1 amide bonds. The van der Waals surface area contributed by atoms with Gasteiger partial charge in [0.25, 0.3) is 5.91 Å². The van der Waals surface area contributed by atoms with Crippen LogP contribution in [0.5, 0.6) is 5.75 Å². The molecule has 1 saturated heterocycles. The number of amides is 1. The number of nitrogens with zero attached hydrogens (tertiary/aromatic N) is 1. The normalized spacial score (nSPS) is 18.4. The van der Waals surface area contributed by atoms with Crippen LogP contribution in [0.15, 0.2) is 22.7 Å². The molecule has 2 rings (SSSR count). The molecule has 2 N–H and O–H groups in total. The highest BCUT2D eigenvalue weighted by Crippen LogP contribution is 2.27. The number of nitrogens with two attached hydrogens (primary N) is 1. The van der Waals surface area contributed by atoms with Gasteiger partial charge in [-0.05, 0) is 47.0 Å². The number of benzene rings is 1. The monoisotopic (exact) mass is 342 g/mol. The molecule has 1 atom stereocenters. The Balaban J connectivity index is 2.24. The Labute approximate surface area is 126 Å². The maximum absolute atomic E-state index is 12.5. The van der Waals surface area contributed by atoms with Crippen molar-refractivity contribution in [3.05, 3.63) is 28.2 Å². The molecule has 0 saturated carbocycles. The largest absolute Gasteiger partial charge is 0.496 e. The standard InChI is InChI=1S/C13H15BrN2O2S/c1-18-11-5-4-8(7-9(11)14)13(17)16-6-2-3-10(16)12(15)19/h4-5,7,10H,2-3,6H2,1H3,(H2,15,19). The van der Waals surface area contributed by atoms with Crippen LogP contribution >= 0.6 is 28.1 Å². The van der Waals surface area contributed by atoms with Crippen LogP contribution in [0.25, 0.3) is 0 Å². The number of carbonyl (C=O) groups excluding carboxylic acids is 1. The molecular weight excluding hydrogens is 328 g/mol. The van der Waals surface area contributed by atoms with Crippen LogP contribution in [-0.2, 0) is 0 Å². The lowest BCUT2D eigenvalue weighted by molar-refractivity contribution is 0.0770. The first-order valence-corrected chi connectivity index (χ1v) is 7.18. The third-order valence-corrected chi connectivity index (χ3v) is 4.13. The lowest BCUT2D eigenvalue weighted by Crippen LogP contribution is -2.42. The molecular formula is C13H15BrN2O2S. The van der Waals surface area contributed by atoms with Gasteiger partial charge in [0, 0.05) is 12.1 Å². The topological polar surface area (TPSA) is 55.6 Å². The third kappa shape index (κ3) is 2.90. The summed E-state index contributed by atoms with van der Waals surface area (Å²) in [6.07, 6.45) is 1.78. The number of ether oxygens (including phenoxy) is 1. The molecule has 1 aliphatic rings. The smallest absolute Gasteiger partial charge is 0.254 e. The number of carbonyl (C=O) groups is 1. The van der Waals surface area contributed by atoms with Gasteiger partial charge >= 0.3 is 0 Å². The minimum atomic E-state index is -0.122. The van der Waals surface area contributed by atoms with E-state index in [4.69, 9.17) is 22.7 Å². The highest BCUT2D eigenvalue weighted by Gasteiger charge is 2.31. The van der Waals surface area contributed by atoms with Gasteiger partial charge in [0.05, 0.1) is 22.6 Å². The average molecular weight is 343 g/mol. The summed E-state index contributed by atoms with van der Waals surface area (Å²) in [5, 5.41) is 0. The maximum Gasteiger partial charge on any atom is 0.254 e. The molecule has 4 nitrogen and oxygen atoms in total. The van der Waals surface area contributed by atoms with Gasteiger partial charge in [0.2, 0.25) is 0 Å². The first-order valence-electron chi connectivity index (χ1n) is 5.98. The lowest BCUT2D eigenvalue weighted by Gasteiger charge is -2.24. The summed E-state index contributed by atoms with van der Waals surface area (Å²) < 4.78 is 5.91. The highest BCUT2D eigenvalue weighted by molar-refractivity contribution is 9.10. The molecule has 1 aliphatic heterocycles. The number of hydrogen-bond donors (Lipinski definition) is 1. The SMILES string of the molecule is COc1ccc(C(=O)N2CCCC2C(N)=S)cc1Br. The van der Waals surface area contributed by atoms with Crippen molar-refractivity contribution in [3.8, 4) is 5.75 Å². The van der Waals surface area contributed by atoms with Gasteiger partial charge in [-0.15, -0.1) is 0 Å². The fraction of sp³-hybridized carbons (Fsp3) is 0.385. The van der Waals surface area contributed by atoms with Crippen molar-refractivity contribution >= 4 is 39.0 Å². The summed E-state index contributed by atoms with van der Waals surface area (Å²) in [6, 6.07) is 5.16. The van der Waals surface area contributed by atoms with Crippen LogP contribution in [0.4, 0.5) is 0 Å². The Morgan fingerprint density at radius 3 is 2.89 bits per heavy atom. The summed E-state index contributed by atoms with van der Waals surface area (Å²) in [5.41, 5.74) is 6.30. The van der Waals surface area contributed by atoms with Crippen LogP contribution in [0, 0.1) is 0 Å². The van der Waals surface area contributed by atoms with Crippen LogP contribution < -0.4 is 10.5 Å². The average Bonchev–Trinajstić information content (AvgIpc) is 2.87. The van der Waals surface area contributed by atoms with E-state index in [0.29, 0.717) is 22.8 Å². The van der Waals surface area contributed by atoms with Gasteiger partial charge in [0.1, 0.15) is 5.75 Å². The molecule has 0 bridgehead atoms. The molecule has 0 aromatic heterocycles. The van der Waals surface area contributed by atoms with E-state index in [2.05, 4.69) is 15.9 Å². The quantitative estimate of drug-likeness (QED) is 0.856. The minimum absolute atomic E-state index is 0.0429. The minimum Gasteiger partial charge on any atom is -0.496 e. The van der Waals surface area contributed by atoms with Crippen molar-refractivity contribution < 1.29 is 9.53 Å². The zero-order chi connectivity index (χ0) is 14.0. The van der Waals surface area contributed by atoms with Crippen molar-refractivity contribution in [2.24, 2.45) is 5.73 Å². The number of hydrogen-bond acceptors (Lipinski definition) is 3. The van der Waals surface area contributed by atoms with Crippen molar-refractivity contribution in [2.75, 3.05) is 13.7 Å². The van der Waals surface area contributed by atoms with E-state index >= 15 is 0 Å². The third-order valence-electron chi connectivity index (χ3n) is 3.24. The predicted octanol–water partition coefficient (Wildman–Crippen LogP) is 2.35. The van der Waals surface area contributed by atoms with Crippen LogP contribution in [0.2, 0.25) is 0 Å². The van der Waals surface area contributed by atoms with Crippen molar-refractivity contribution in [1.82, 2.24) is 4.90 Å². The Morgan fingerprint density at radius 1 is 1.58 bits per heavy atom. The van der Waals surface area contributed by atoms with E-state index in [9.17, 15) is 4.79 Å². The van der Waals surface area contributed by atoms with Gasteiger partial charge in [-0.3, -0.25) is 4.79 Å². The lowest BCUT2D eigenvalue weighted by atomic mass is 10.1. The molecule has 1 heterocycles. The fourth-order valence-corrected chi connectivity index (χ4v) is 3.06. The van der Waals surface area contributed by atoms with Crippen LogP contribution in [-0.4, -0.2) is 35.5 Å². The van der Waals surface area contributed by atoms with Gasteiger partial charge in [-0.25, -0.2) is 0 Å². The second-order valence-electron chi connectivity index (χ2n) is 4.41. The first-order chi connectivity index (χ1) is 9.04. The molecule has 1 unspecified atom stereocenters. The van der Waals surface area contributed by atoms with Crippen molar-refractivity contribution in [3.63, 3.8) is 0 Å². The van der Waals surface area contributed by atoms with Crippen molar-refractivity contribution in [2.45, 2.75) is 18.9 Å². The molecule has 0 aliphatic carbocycles. The number of halogens is 1. The summed E-state index contributed by atoms with van der Waals surface area (Å²) in [6.45, 7) is 0.699. The number of rotatable bonds is 3. The van der Waals surface area contributed by atoms with E-state index < -0.39 is 0 Å².